The molecule has 2 aromatic heterocycles. The van der Waals surface area contributed by atoms with Gasteiger partial charge in [0, 0.05) is 44.0 Å². The van der Waals surface area contributed by atoms with Crippen molar-refractivity contribution in [3.63, 3.8) is 0 Å². The molecule has 1 aliphatic heterocycles. The molecule has 4 rings (SSSR count). The number of aromatic amines is 1. The smallest absolute Gasteiger partial charge is 0.335 e. The molecule has 0 unspecified atom stereocenters. The number of carboxylic acids is 2. The van der Waals surface area contributed by atoms with E-state index in [1.165, 1.54) is 0 Å². The van der Waals surface area contributed by atoms with E-state index < -0.39 is 24.1 Å². The second-order valence-corrected chi connectivity index (χ2v) is 8.63. The number of anilines is 3. The summed E-state index contributed by atoms with van der Waals surface area (Å²) in [6.45, 7) is 5.94. The Morgan fingerprint density at radius 2 is 1.58 bits per heavy atom. The average Bonchev–Trinajstić information content (AvgIpc) is 3.32. The van der Waals surface area contributed by atoms with E-state index in [1.807, 2.05) is 49.4 Å². The monoisotopic (exact) mass is 525 g/mol. The fourth-order valence-corrected chi connectivity index (χ4v) is 3.41. The molecule has 1 aliphatic rings. The zero-order valence-corrected chi connectivity index (χ0v) is 21.0. The summed E-state index contributed by atoms with van der Waals surface area (Å²) in [5.74, 6) is -0.438. The summed E-state index contributed by atoms with van der Waals surface area (Å²) in [6, 6.07) is 14.1. The zero-order chi connectivity index (χ0) is 27.7. The number of nitrogens with one attached hydrogen (secondary N) is 2. The second kappa shape index (κ2) is 13.3. The number of hydrogen-bond acceptors (Lipinski definition) is 10. The van der Waals surface area contributed by atoms with E-state index in [2.05, 4.69) is 49.5 Å². The predicted molar refractivity (Wildman–Crippen MR) is 141 cm³/mol. The van der Waals surface area contributed by atoms with Gasteiger partial charge in [0.05, 0.1) is 0 Å². The Bertz CT molecular complexity index is 1220. The van der Waals surface area contributed by atoms with Crippen molar-refractivity contribution in [1.29, 1.82) is 0 Å². The van der Waals surface area contributed by atoms with Gasteiger partial charge in [0.15, 0.2) is 23.9 Å². The van der Waals surface area contributed by atoms with Crippen LogP contribution in [0, 0.1) is 6.92 Å². The lowest BCUT2D eigenvalue weighted by molar-refractivity contribution is -0.165. The highest BCUT2D eigenvalue weighted by Crippen LogP contribution is 2.21. The van der Waals surface area contributed by atoms with Crippen molar-refractivity contribution < 1.29 is 30.0 Å². The molecule has 13 heteroatoms. The Balaban J connectivity index is 0.000000342. The number of nitrogens with zero attached hydrogens (tertiary/aromatic N) is 5. The van der Waals surface area contributed by atoms with Gasteiger partial charge in [-0.05, 0) is 25.6 Å². The first-order chi connectivity index (χ1) is 18.1. The number of H-pyrrole nitrogens is 1. The molecule has 3 aromatic rings. The summed E-state index contributed by atoms with van der Waals surface area (Å²) in [7, 11) is 2.15. The SMILES string of the molecule is Cc1cc(Nc2cc(N3CCN(C)CC3)nc(C=Cc3ccccc3)n2)n[nH]1.O=C(O)[C@H](O)[C@@H](O)C(=O)O. The second-order valence-electron chi connectivity index (χ2n) is 8.63. The summed E-state index contributed by atoms with van der Waals surface area (Å²) in [5.41, 5.74) is 2.12. The lowest BCUT2D eigenvalue weighted by Crippen LogP contribution is -2.44. The molecule has 0 amide bonds. The Morgan fingerprint density at radius 1 is 0.947 bits per heavy atom. The number of aryl methyl sites for hydroxylation is 1. The number of likely N-dealkylation sites (N-methyl/N-ethyl adjacent to an activating group) is 1. The number of hydrogen-bond donors (Lipinski definition) is 6. The first-order valence-electron chi connectivity index (χ1n) is 11.8. The van der Waals surface area contributed by atoms with E-state index in [0.29, 0.717) is 5.82 Å². The summed E-state index contributed by atoms with van der Waals surface area (Å²) < 4.78 is 0. The number of aliphatic hydroxyl groups excluding tert-OH is 2. The molecule has 0 aliphatic carbocycles. The van der Waals surface area contributed by atoms with Gasteiger partial charge in [-0.25, -0.2) is 19.6 Å². The van der Waals surface area contributed by atoms with Crippen LogP contribution in [0.5, 0.6) is 0 Å². The number of piperazine rings is 1. The third kappa shape index (κ3) is 8.37. The molecule has 2 atom stereocenters. The maximum Gasteiger partial charge on any atom is 0.335 e. The zero-order valence-electron chi connectivity index (χ0n) is 21.0. The minimum Gasteiger partial charge on any atom is -0.479 e. The lowest BCUT2D eigenvalue weighted by Gasteiger charge is -2.33. The third-order valence-electron chi connectivity index (χ3n) is 5.55. The van der Waals surface area contributed by atoms with Gasteiger partial charge in [-0.3, -0.25) is 5.10 Å². The number of carboxylic acid groups (broad SMARTS) is 2. The van der Waals surface area contributed by atoms with E-state index in [9.17, 15) is 9.59 Å². The van der Waals surface area contributed by atoms with Crippen LogP contribution in [0.15, 0.2) is 42.5 Å². The standard InChI is InChI=1S/C21H25N7.C4H6O6/c1-16-14-20(26-25-16)23-19-15-21(28-12-10-27(2)11-13-28)24-18(22-19)9-8-17-6-4-3-5-7-17;5-1(3(7)8)2(6)4(9)10/h3-9,14-15H,10-13H2,1-2H3,(H2,22,23,24,25,26);1-2,5-6H,(H,7,8)(H,9,10)/t;1-,2-/m.1/s1. The molecule has 1 saturated heterocycles. The Hall–Kier alpha value is -4.33. The minimum atomic E-state index is -2.27. The van der Waals surface area contributed by atoms with Gasteiger partial charge in [-0.15, -0.1) is 0 Å². The topological polar surface area (TPSA) is 188 Å². The summed E-state index contributed by atoms with van der Waals surface area (Å²) in [4.78, 5) is 33.6. The summed E-state index contributed by atoms with van der Waals surface area (Å²) in [6.07, 6.45) is -0.545. The minimum absolute atomic E-state index is 0.676. The first kappa shape index (κ1) is 28.2. The molecule has 3 heterocycles. The van der Waals surface area contributed by atoms with Gasteiger partial charge in [-0.1, -0.05) is 36.4 Å². The van der Waals surface area contributed by atoms with Crippen molar-refractivity contribution in [3.05, 3.63) is 59.5 Å². The van der Waals surface area contributed by atoms with E-state index in [1.54, 1.807) is 0 Å². The van der Waals surface area contributed by atoms with Gasteiger partial charge in [0.25, 0.3) is 0 Å². The predicted octanol–water partition coefficient (Wildman–Crippen LogP) is 1.05. The molecule has 13 nitrogen and oxygen atoms in total. The van der Waals surface area contributed by atoms with Crippen LogP contribution in [0.2, 0.25) is 0 Å². The molecule has 202 valence electrons. The van der Waals surface area contributed by atoms with Crippen molar-refractivity contribution in [2.75, 3.05) is 43.4 Å². The number of aliphatic hydroxyl groups is 2. The molecule has 38 heavy (non-hydrogen) atoms. The summed E-state index contributed by atoms with van der Waals surface area (Å²) >= 11 is 0. The fourth-order valence-electron chi connectivity index (χ4n) is 3.41. The van der Waals surface area contributed by atoms with Gasteiger partial charge in [0.1, 0.15) is 11.6 Å². The molecule has 0 spiro atoms. The maximum absolute atomic E-state index is 9.77. The number of aliphatic carboxylic acids is 2. The number of carbonyl (C=O) groups is 2. The van der Waals surface area contributed by atoms with Crippen LogP contribution >= 0.6 is 0 Å². The quantitative estimate of drug-likeness (QED) is 0.246. The average molecular weight is 526 g/mol. The molecular formula is C25H31N7O6. The molecule has 6 N–H and O–H groups in total. The van der Waals surface area contributed by atoms with Crippen LogP contribution < -0.4 is 10.2 Å². The summed E-state index contributed by atoms with van der Waals surface area (Å²) in [5, 5.41) is 43.0. The highest BCUT2D eigenvalue weighted by molar-refractivity contribution is 5.83. The number of benzene rings is 1. The van der Waals surface area contributed by atoms with E-state index in [4.69, 9.17) is 25.4 Å². The number of rotatable bonds is 8. The van der Waals surface area contributed by atoms with E-state index in [0.717, 1.165) is 54.9 Å². The van der Waals surface area contributed by atoms with Gasteiger partial charge in [-0.2, -0.15) is 5.10 Å². The molecule has 0 radical (unpaired) electrons. The molecule has 1 fully saturated rings. The van der Waals surface area contributed by atoms with Crippen LogP contribution in [0.4, 0.5) is 17.5 Å². The van der Waals surface area contributed by atoms with Gasteiger partial charge in [0.2, 0.25) is 0 Å². The maximum atomic E-state index is 9.77. The van der Waals surface area contributed by atoms with Crippen LogP contribution in [-0.4, -0.2) is 103 Å². The normalized spacial score (nSPS) is 15.4. The molecule has 1 aromatic carbocycles. The largest absolute Gasteiger partial charge is 0.479 e. The fraction of sp³-hybridized carbons (Fsp3) is 0.320. The van der Waals surface area contributed by atoms with Crippen LogP contribution in [0.3, 0.4) is 0 Å². The van der Waals surface area contributed by atoms with Crippen LogP contribution in [0.25, 0.3) is 12.2 Å². The van der Waals surface area contributed by atoms with E-state index in [-0.39, 0.29) is 0 Å². The Kier molecular flexibility index (Phi) is 9.87. The molecule has 0 saturated carbocycles. The molecule has 0 bridgehead atoms. The van der Waals surface area contributed by atoms with Crippen molar-refractivity contribution in [1.82, 2.24) is 25.1 Å². The lowest BCUT2D eigenvalue weighted by atomic mass is 10.2. The Labute approximate surface area is 219 Å². The highest BCUT2D eigenvalue weighted by Gasteiger charge is 2.29. The van der Waals surface area contributed by atoms with Crippen molar-refractivity contribution in [3.8, 4) is 0 Å². The third-order valence-corrected chi connectivity index (χ3v) is 5.55. The Morgan fingerprint density at radius 3 is 2.13 bits per heavy atom. The van der Waals surface area contributed by atoms with Crippen LogP contribution in [-0.2, 0) is 9.59 Å². The van der Waals surface area contributed by atoms with Gasteiger partial charge < -0.3 is 35.5 Å². The van der Waals surface area contributed by atoms with Crippen LogP contribution in [0.1, 0.15) is 17.1 Å². The molecular weight excluding hydrogens is 494 g/mol. The van der Waals surface area contributed by atoms with Crippen molar-refractivity contribution in [2.45, 2.75) is 19.1 Å². The van der Waals surface area contributed by atoms with Crippen molar-refractivity contribution >= 4 is 41.5 Å². The van der Waals surface area contributed by atoms with E-state index >= 15 is 0 Å². The van der Waals surface area contributed by atoms with Crippen molar-refractivity contribution in [2.24, 2.45) is 0 Å². The number of aromatic nitrogens is 4. The highest BCUT2D eigenvalue weighted by atomic mass is 16.4. The first-order valence-corrected chi connectivity index (χ1v) is 11.8. The van der Waals surface area contributed by atoms with Gasteiger partial charge >= 0.3 is 11.9 Å².